The molecule has 1 N–H and O–H groups in total. The zero-order valence-corrected chi connectivity index (χ0v) is 5.92. The van der Waals surface area contributed by atoms with Crippen LogP contribution in [0.2, 0.25) is 0 Å². The van der Waals surface area contributed by atoms with Gasteiger partial charge < -0.3 is 9.84 Å². The standard InChI is InChI=1S/C8H10O2/c1-5-8(9)7-3-2-6(7)4-10-5/h4-5,9H,2-3H2,1H3. The number of aliphatic hydroxyl groups is 1. The molecule has 1 unspecified atom stereocenters. The molecular formula is C8H10O2. The molecule has 0 aromatic carbocycles. The predicted octanol–water partition coefficient (Wildman–Crippen LogP) is 1.89. The smallest absolute Gasteiger partial charge is 0.152 e. The van der Waals surface area contributed by atoms with E-state index in [0.717, 1.165) is 18.4 Å². The molecule has 54 valence electrons. The molecule has 0 saturated heterocycles. The summed E-state index contributed by atoms with van der Waals surface area (Å²) in [5.74, 6) is 0.434. The molecule has 2 rings (SSSR count). The van der Waals surface area contributed by atoms with Crippen LogP contribution in [-0.4, -0.2) is 11.2 Å². The lowest BCUT2D eigenvalue weighted by Crippen LogP contribution is -2.21. The van der Waals surface area contributed by atoms with Gasteiger partial charge in [-0.1, -0.05) is 0 Å². The number of allylic oxidation sites excluding steroid dienone is 2. The van der Waals surface area contributed by atoms with Crippen molar-refractivity contribution >= 4 is 0 Å². The Bertz CT molecular complexity index is 225. The molecule has 0 bridgehead atoms. The molecule has 1 saturated carbocycles. The van der Waals surface area contributed by atoms with Gasteiger partial charge in [0.1, 0.15) is 5.76 Å². The summed E-state index contributed by atoms with van der Waals surface area (Å²) in [7, 11) is 0. The van der Waals surface area contributed by atoms with Crippen molar-refractivity contribution in [2.24, 2.45) is 0 Å². The molecule has 2 heteroatoms. The van der Waals surface area contributed by atoms with Gasteiger partial charge in [-0.05, 0) is 25.3 Å². The molecule has 1 heterocycles. The summed E-state index contributed by atoms with van der Waals surface area (Å²) < 4.78 is 5.15. The Morgan fingerprint density at radius 1 is 1.60 bits per heavy atom. The first-order valence-electron chi connectivity index (χ1n) is 3.56. The van der Waals surface area contributed by atoms with Gasteiger partial charge in [0.15, 0.2) is 6.10 Å². The van der Waals surface area contributed by atoms with Gasteiger partial charge in [-0.2, -0.15) is 0 Å². The number of fused-ring (bicyclic) bond motifs is 1. The maximum atomic E-state index is 9.38. The lowest BCUT2D eigenvalue weighted by Gasteiger charge is -2.29. The van der Waals surface area contributed by atoms with E-state index in [2.05, 4.69) is 0 Å². The quantitative estimate of drug-likeness (QED) is 0.554. The van der Waals surface area contributed by atoms with Crippen molar-refractivity contribution in [2.45, 2.75) is 25.9 Å². The summed E-state index contributed by atoms with van der Waals surface area (Å²) in [6, 6.07) is 0. The highest BCUT2D eigenvalue weighted by atomic mass is 16.5. The van der Waals surface area contributed by atoms with Gasteiger partial charge >= 0.3 is 0 Å². The molecule has 0 aromatic rings. The first kappa shape index (κ1) is 5.83. The SMILES string of the molecule is CC1OC=C2CCC2=C1O. The highest BCUT2D eigenvalue weighted by molar-refractivity contribution is 5.43. The third kappa shape index (κ3) is 0.589. The molecule has 0 amide bonds. The fourth-order valence-electron chi connectivity index (χ4n) is 1.31. The van der Waals surface area contributed by atoms with Crippen LogP contribution in [0.3, 0.4) is 0 Å². The lowest BCUT2D eigenvalue weighted by molar-refractivity contribution is 0.128. The van der Waals surface area contributed by atoms with E-state index < -0.39 is 0 Å². The average Bonchev–Trinajstić information content (AvgIpc) is 1.82. The summed E-state index contributed by atoms with van der Waals surface area (Å²) in [6.07, 6.45) is 3.72. The van der Waals surface area contributed by atoms with E-state index in [1.54, 1.807) is 6.26 Å². The van der Waals surface area contributed by atoms with Gasteiger partial charge in [-0.15, -0.1) is 0 Å². The summed E-state index contributed by atoms with van der Waals surface area (Å²) in [5, 5.41) is 9.38. The maximum Gasteiger partial charge on any atom is 0.152 e. The van der Waals surface area contributed by atoms with Crippen LogP contribution in [0.5, 0.6) is 0 Å². The van der Waals surface area contributed by atoms with Crippen molar-refractivity contribution in [3.63, 3.8) is 0 Å². The average molecular weight is 138 g/mol. The van der Waals surface area contributed by atoms with Crippen LogP contribution >= 0.6 is 0 Å². The molecule has 0 radical (unpaired) electrons. The van der Waals surface area contributed by atoms with Gasteiger partial charge in [-0.3, -0.25) is 0 Å². The molecule has 2 nitrogen and oxygen atoms in total. The molecule has 1 aliphatic carbocycles. The number of hydrogen-bond donors (Lipinski definition) is 1. The fraction of sp³-hybridized carbons (Fsp3) is 0.500. The molecule has 10 heavy (non-hydrogen) atoms. The number of ether oxygens (including phenoxy) is 1. The molecule has 1 fully saturated rings. The highest BCUT2D eigenvalue weighted by Crippen LogP contribution is 2.38. The van der Waals surface area contributed by atoms with Crippen molar-refractivity contribution in [1.82, 2.24) is 0 Å². The van der Waals surface area contributed by atoms with E-state index in [1.807, 2.05) is 6.92 Å². The highest BCUT2D eigenvalue weighted by Gasteiger charge is 2.27. The van der Waals surface area contributed by atoms with E-state index in [4.69, 9.17) is 4.74 Å². The van der Waals surface area contributed by atoms with Gasteiger partial charge in [-0.25, -0.2) is 0 Å². The Morgan fingerprint density at radius 3 is 2.90 bits per heavy atom. The Morgan fingerprint density at radius 2 is 2.40 bits per heavy atom. The molecule has 1 aliphatic heterocycles. The second-order valence-electron chi connectivity index (χ2n) is 2.79. The predicted molar refractivity (Wildman–Crippen MR) is 37.5 cm³/mol. The third-order valence-corrected chi connectivity index (χ3v) is 2.14. The minimum absolute atomic E-state index is 0.126. The van der Waals surface area contributed by atoms with E-state index >= 15 is 0 Å². The summed E-state index contributed by atoms with van der Waals surface area (Å²) >= 11 is 0. The maximum absolute atomic E-state index is 9.38. The van der Waals surface area contributed by atoms with Crippen LogP contribution in [0.1, 0.15) is 19.8 Å². The summed E-state index contributed by atoms with van der Waals surface area (Å²) in [6.45, 7) is 1.86. The topological polar surface area (TPSA) is 29.5 Å². The molecule has 1 atom stereocenters. The number of aliphatic hydroxyl groups excluding tert-OH is 1. The molecule has 2 aliphatic rings. The minimum atomic E-state index is -0.126. The van der Waals surface area contributed by atoms with Crippen molar-refractivity contribution in [2.75, 3.05) is 0 Å². The second-order valence-corrected chi connectivity index (χ2v) is 2.79. The monoisotopic (exact) mass is 138 g/mol. The van der Waals surface area contributed by atoms with Gasteiger partial charge in [0, 0.05) is 5.57 Å². The second kappa shape index (κ2) is 1.78. The first-order valence-corrected chi connectivity index (χ1v) is 3.56. The number of hydrogen-bond acceptors (Lipinski definition) is 2. The van der Waals surface area contributed by atoms with Gasteiger partial charge in [0.25, 0.3) is 0 Å². The lowest BCUT2D eigenvalue weighted by atomic mass is 9.83. The van der Waals surface area contributed by atoms with Crippen molar-refractivity contribution in [3.05, 3.63) is 23.2 Å². The Hall–Kier alpha value is -0.920. The van der Waals surface area contributed by atoms with Crippen LogP contribution < -0.4 is 0 Å². The zero-order chi connectivity index (χ0) is 7.14. The van der Waals surface area contributed by atoms with E-state index in [0.29, 0.717) is 5.76 Å². The summed E-state index contributed by atoms with van der Waals surface area (Å²) in [4.78, 5) is 0. The van der Waals surface area contributed by atoms with Crippen LogP contribution in [0.15, 0.2) is 23.2 Å². The van der Waals surface area contributed by atoms with Crippen LogP contribution in [-0.2, 0) is 4.74 Å². The largest absolute Gasteiger partial charge is 0.508 e. The Balaban J connectivity index is 2.35. The third-order valence-electron chi connectivity index (χ3n) is 2.14. The van der Waals surface area contributed by atoms with Crippen molar-refractivity contribution in [1.29, 1.82) is 0 Å². The van der Waals surface area contributed by atoms with E-state index in [-0.39, 0.29) is 6.10 Å². The van der Waals surface area contributed by atoms with Gasteiger partial charge in [0.2, 0.25) is 0 Å². The summed E-state index contributed by atoms with van der Waals surface area (Å²) in [5.41, 5.74) is 2.29. The van der Waals surface area contributed by atoms with Crippen LogP contribution in [0.25, 0.3) is 0 Å². The first-order chi connectivity index (χ1) is 4.79. The van der Waals surface area contributed by atoms with E-state index in [1.165, 1.54) is 5.57 Å². The normalized spacial score (nSPS) is 30.1. The number of rotatable bonds is 0. The van der Waals surface area contributed by atoms with Crippen LogP contribution in [0.4, 0.5) is 0 Å². The van der Waals surface area contributed by atoms with Crippen LogP contribution in [0, 0.1) is 0 Å². The van der Waals surface area contributed by atoms with Crippen molar-refractivity contribution in [3.8, 4) is 0 Å². The minimum Gasteiger partial charge on any atom is -0.508 e. The van der Waals surface area contributed by atoms with Crippen molar-refractivity contribution < 1.29 is 9.84 Å². The van der Waals surface area contributed by atoms with E-state index in [9.17, 15) is 5.11 Å². The molecular weight excluding hydrogens is 128 g/mol. The fourth-order valence-corrected chi connectivity index (χ4v) is 1.31. The Labute approximate surface area is 59.8 Å². The molecule has 0 spiro atoms. The molecule has 0 aromatic heterocycles. The van der Waals surface area contributed by atoms with Gasteiger partial charge in [0.05, 0.1) is 6.26 Å². The Kier molecular flexibility index (Phi) is 1.04. The zero-order valence-electron chi connectivity index (χ0n) is 5.92.